The van der Waals surface area contributed by atoms with E-state index in [9.17, 15) is 19.8 Å². The summed E-state index contributed by atoms with van der Waals surface area (Å²) in [5, 5.41) is 43.8. The summed E-state index contributed by atoms with van der Waals surface area (Å²) >= 11 is 0. The van der Waals surface area contributed by atoms with Gasteiger partial charge in [-0.25, -0.2) is 15.3 Å². The molecule has 6 N–H and O–H groups in total. The third-order valence-electron chi connectivity index (χ3n) is 2.91. The maximum absolute atomic E-state index is 11.6. The van der Waals surface area contributed by atoms with Crippen molar-refractivity contribution >= 4 is 0 Å². The number of hydrogen-bond acceptors (Lipinski definition) is 9. The molecule has 1 aliphatic heterocycles. The van der Waals surface area contributed by atoms with Crippen LogP contribution in [-0.2, 0) is 9.78 Å². The molecule has 2 heterocycles. The Hall–Kier alpha value is -2.04. The Morgan fingerprint density at radius 2 is 1.95 bits per heavy atom. The summed E-state index contributed by atoms with van der Waals surface area (Å²) in [6, 6.07) is 0. The fourth-order valence-corrected chi connectivity index (χ4v) is 1.89. The average Bonchev–Trinajstić information content (AvgIpc) is 2.76. The minimum absolute atomic E-state index is 0.114. The summed E-state index contributed by atoms with van der Waals surface area (Å²) in [5.41, 5.74) is -1.67. The van der Waals surface area contributed by atoms with Gasteiger partial charge >= 0.3 is 5.69 Å². The normalized spacial score (nSPS) is 26.9. The van der Waals surface area contributed by atoms with Crippen LogP contribution in [0.25, 0.3) is 0 Å². The molecule has 0 unspecified atom stereocenters. The Bertz CT molecular complexity index is 646. The van der Waals surface area contributed by atoms with Gasteiger partial charge in [0.05, 0.1) is 6.61 Å². The number of nitrogens with zero attached hydrogens (tertiary/aromatic N) is 1. The van der Waals surface area contributed by atoms with Crippen molar-refractivity contribution in [2.75, 3.05) is 6.61 Å². The van der Waals surface area contributed by atoms with E-state index in [1.54, 1.807) is 0 Å². The molecule has 0 radical (unpaired) electrons. The van der Waals surface area contributed by atoms with Gasteiger partial charge in [0.25, 0.3) is 5.56 Å². The van der Waals surface area contributed by atoms with E-state index in [1.165, 1.54) is 0 Å². The summed E-state index contributed by atoms with van der Waals surface area (Å²) in [7, 11) is 0. The largest absolute Gasteiger partial charge is 0.394 e. The molecule has 1 fully saturated rings. The molecule has 1 aromatic heterocycles. The topological polar surface area (TPSA) is 174 Å². The number of aromatic nitrogens is 2. The van der Waals surface area contributed by atoms with E-state index in [0.29, 0.717) is 0 Å². The maximum atomic E-state index is 11.6. The smallest absolute Gasteiger partial charge is 0.330 e. The van der Waals surface area contributed by atoms with E-state index in [4.69, 9.17) is 26.8 Å². The molecule has 1 aliphatic rings. The SMILES string of the molecule is C#[13C]c1cn([C@@H]2O[C@H](CO)[C@H](O)[C@@H]2O)c(=O)[nH]c1=O.OOO. The zero-order chi connectivity index (χ0) is 16.9. The molecule has 122 valence electrons. The minimum atomic E-state index is -1.42. The van der Waals surface area contributed by atoms with Crippen LogP contribution in [0.1, 0.15) is 11.8 Å². The standard InChI is InChI=1S/C11H12N2O6.H2O3/c1-2-5-3-13(11(18)12-9(5)17)10-8(16)7(15)6(4-14)19-10;1-3-2/h1,3,6-8,10,14-16H,4H2,(H,12,17,18);1-2H/t6-,7+,8+,10-;/m1./s1/i2+1;. The highest BCUT2D eigenvalue weighted by Gasteiger charge is 2.43. The molecule has 1 aromatic rings. The lowest BCUT2D eigenvalue weighted by Crippen LogP contribution is -2.38. The summed E-state index contributed by atoms with van der Waals surface area (Å²) in [6.07, 6.45) is 1.14. The van der Waals surface area contributed by atoms with Gasteiger partial charge in [0.1, 0.15) is 23.9 Å². The van der Waals surface area contributed by atoms with Crippen LogP contribution in [0.15, 0.2) is 15.8 Å². The average molecular weight is 319 g/mol. The summed E-state index contributed by atoms with van der Waals surface area (Å²) in [6.45, 7) is -0.519. The van der Waals surface area contributed by atoms with Gasteiger partial charge in [0, 0.05) is 6.20 Å². The van der Waals surface area contributed by atoms with E-state index in [0.717, 1.165) is 10.8 Å². The number of aliphatic hydroxyl groups is 3. The van der Waals surface area contributed by atoms with Gasteiger partial charge in [0.2, 0.25) is 0 Å². The maximum Gasteiger partial charge on any atom is 0.330 e. The van der Waals surface area contributed by atoms with Gasteiger partial charge in [0.15, 0.2) is 6.23 Å². The van der Waals surface area contributed by atoms with Crippen molar-refractivity contribution in [2.45, 2.75) is 24.5 Å². The van der Waals surface area contributed by atoms with Crippen molar-refractivity contribution in [2.24, 2.45) is 0 Å². The fraction of sp³-hybridized carbons (Fsp3) is 0.455. The molecular weight excluding hydrogens is 305 g/mol. The lowest BCUT2D eigenvalue weighted by atomic mass is 10.1. The Labute approximate surface area is 122 Å². The van der Waals surface area contributed by atoms with Gasteiger partial charge in [-0.3, -0.25) is 14.3 Å². The van der Waals surface area contributed by atoms with Gasteiger partial charge in [-0.05, 0) is 0 Å². The molecule has 0 saturated carbocycles. The van der Waals surface area contributed by atoms with Crippen LogP contribution < -0.4 is 11.2 Å². The highest BCUT2D eigenvalue weighted by molar-refractivity contribution is 5.26. The second-order valence-electron chi connectivity index (χ2n) is 4.16. The number of rotatable bonds is 2. The highest BCUT2D eigenvalue weighted by atomic mass is 17.4. The Morgan fingerprint density at radius 1 is 1.36 bits per heavy atom. The predicted octanol–water partition coefficient (Wildman–Crippen LogP) is -2.92. The van der Waals surface area contributed by atoms with E-state index in [2.05, 4.69) is 11.0 Å². The quantitative estimate of drug-likeness (QED) is 0.144. The second-order valence-corrected chi connectivity index (χ2v) is 4.16. The first-order chi connectivity index (χ1) is 10.4. The van der Waals surface area contributed by atoms with Crippen molar-refractivity contribution < 1.29 is 35.6 Å². The van der Waals surface area contributed by atoms with Crippen LogP contribution in [0.5, 0.6) is 0 Å². The van der Waals surface area contributed by atoms with Crippen molar-refractivity contribution in [3.05, 3.63) is 32.6 Å². The van der Waals surface area contributed by atoms with Gasteiger partial charge in [-0.1, -0.05) is 11.0 Å². The van der Waals surface area contributed by atoms with Crippen molar-refractivity contribution in [1.82, 2.24) is 9.55 Å². The second kappa shape index (κ2) is 7.82. The molecule has 1 saturated heterocycles. The van der Waals surface area contributed by atoms with Crippen molar-refractivity contribution in [3.63, 3.8) is 0 Å². The molecule has 2 rings (SSSR count). The number of terminal acetylenes is 1. The molecule has 0 amide bonds. The van der Waals surface area contributed by atoms with E-state index in [1.807, 2.05) is 4.98 Å². The van der Waals surface area contributed by atoms with Crippen LogP contribution in [0.4, 0.5) is 0 Å². The first-order valence-corrected chi connectivity index (χ1v) is 5.80. The number of ether oxygens (including phenoxy) is 1. The van der Waals surface area contributed by atoms with Crippen molar-refractivity contribution in [3.8, 4) is 12.3 Å². The Morgan fingerprint density at radius 3 is 2.41 bits per heavy atom. The van der Waals surface area contributed by atoms with Crippen LogP contribution in [-0.4, -0.2) is 60.3 Å². The molecule has 0 spiro atoms. The van der Waals surface area contributed by atoms with Crippen LogP contribution >= 0.6 is 0 Å². The number of nitrogens with one attached hydrogen (secondary N) is 1. The minimum Gasteiger partial charge on any atom is -0.394 e. The number of aromatic amines is 1. The zero-order valence-electron chi connectivity index (χ0n) is 11.0. The predicted molar refractivity (Wildman–Crippen MR) is 68.6 cm³/mol. The highest BCUT2D eigenvalue weighted by Crippen LogP contribution is 2.27. The first kappa shape index (κ1) is 18.0. The van der Waals surface area contributed by atoms with Crippen LogP contribution in [0, 0.1) is 12.3 Å². The van der Waals surface area contributed by atoms with Gasteiger partial charge in [-0.2, -0.15) is 0 Å². The summed E-state index contributed by atoms with van der Waals surface area (Å²) < 4.78 is 6.04. The molecule has 11 heteroatoms. The lowest BCUT2D eigenvalue weighted by molar-refractivity contribution is -0.465. The third-order valence-corrected chi connectivity index (χ3v) is 2.91. The monoisotopic (exact) mass is 319 g/mol. The van der Waals surface area contributed by atoms with Crippen LogP contribution in [0.2, 0.25) is 0 Å². The first-order valence-electron chi connectivity index (χ1n) is 5.80. The lowest BCUT2D eigenvalue weighted by Gasteiger charge is -2.17. The Balaban J connectivity index is 0.000000745. The number of H-pyrrole nitrogens is 1. The molecule has 0 aromatic carbocycles. The van der Waals surface area contributed by atoms with Gasteiger partial charge < -0.3 is 20.1 Å². The number of hydrogen-bond donors (Lipinski definition) is 6. The summed E-state index contributed by atoms with van der Waals surface area (Å²) in [5.74, 6) is 2.09. The zero-order valence-corrected chi connectivity index (χ0v) is 11.0. The molecule has 4 atom stereocenters. The third kappa shape index (κ3) is 3.59. The van der Waals surface area contributed by atoms with Crippen molar-refractivity contribution in [1.29, 1.82) is 0 Å². The fourth-order valence-electron chi connectivity index (χ4n) is 1.89. The molecule has 11 nitrogen and oxygen atoms in total. The van der Waals surface area contributed by atoms with Gasteiger partial charge in [-0.15, -0.1) is 6.42 Å². The molecular formula is C11H14N2O9. The number of aliphatic hydroxyl groups excluding tert-OH is 3. The summed E-state index contributed by atoms with van der Waals surface area (Å²) in [4.78, 5) is 24.9. The molecule has 0 bridgehead atoms. The molecule has 22 heavy (non-hydrogen) atoms. The van der Waals surface area contributed by atoms with Crippen LogP contribution in [0.3, 0.4) is 0 Å². The Kier molecular flexibility index (Phi) is 6.40. The van der Waals surface area contributed by atoms with E-state index < -0.39 is 42.4 Å². The van der Waals surface area contributed by atoms with E-state index in [-0.39, 0.29) is 5.56 Å². The van der Waals surface area contributed by atoms with E-state index >= 15 is 0 Å². The molecule has 0 aliphatic carbocycles.